The molecule has 0 spiro atoms. The van der Waals surface area contributed by atoms with E-state index in [-0.39, 0.29) is 4.90 Å². The second-order valence-corrected chi connectivity index (χ2v) is 8.20. The Hall–Kier alpha value is -2.02. The van der Waals surface area contributed by atoms with Gasteiger partial charge in [0.25, 0.3) is 0 Å². The van der Waals surface area contributed by atoms with E-state index in [2.05, 4.69) is 25.6 Å². The molecule has 1 heterocycles. The number of hydrogen-bond donors (Lipinski definition) is 1. The van der Waals surface area contributed by atoms with Crippen LogP contribution in [0.1, 0.15) is 22.9 Å². The van der Waals surface area contributed by atoms with Crippen molar-refractivity contribution in [3.8, 4) is 0 Å². The summed E-state index contributed by atoms with van der Waals surface area (Å²) in [6, 6.07) is 19.3. The molecule has 25 heavy (non-hydrogen) atoms. The van der Waals surface area contributed by atoms with Crippen LogP contribution in [0.4, 0.5) is 0 Å². The molecule has 1 aromatic heterocycles. The average molecular weight is 417 g/mol. The lowest BCUT2D eigenvalue weighted by atomic mass is 10.0. The third-order valence-corrected chi connectivity index (χ3v) is 6.14. The molecule has 2 aromatic carbocycles. The summed E-state index contributed by atoms with van der Waals surface area (Å²) in [6.45, 7) is 1.86. The van der Waals surface area contributed by atoms with E-state index in [0.29, 0.717) is 5.69 Å². The molecule has 1 N–H and O–H groups in total. The molecule has 0 saturated heterocycles. The van der Waals surface area contributed by atoms with Crippen molar-refractivity contribution in [3.05, 3.63) is 94.2 Å². The van der Waals surface area contributed by atoms with E-state index in [1.807, 2.05) is 49.4 Å². The van der Waals surface area contributed by atoms with Crippen molar-refractivity contribution in [2.75, 3.05) is 0 Å². The van der Waals surface area contributed by atoms with Crippen LogP contribution in [0, 0.1) is 6.92 Å². The number of aryl methyl sites for hydroxylation is 1. The van der Waals surface area contributed by atoms with Crippen molar-refractivity contribution in [2.24, 2.45) is 0 Å². The minimum absolute atomic E-state index is 0.227. The molecule has 0 aliphatic rings. The summed E-state index contributed by atoms with van der Waals surface area (Å²) in [4.78, 5) is 4.56. The number of benzene rings is 2. The zero-order valence-electron chi connectivity index (χ0n) is 13.6. The average Bonchev–Trinajstić information content (AvgIpc) is 2.63. The Kier molecular flexibility index (Phi) is 5.32. The van der Waals surface area contributed by atoms with Gasteiger partial charge in [0.15, 0.2) is 0 Å². The SMILES string of the molecule is Cc1cc(S(=O)(=O)NC(c2ccccc2)c2ccccn2)ccc1Br. The van der Waals surface area contributed by atoms with E-state index in [0.717, 1.165) is 15.6 Å². The van der Waals surface area contributed by atoms with Crippen molar-refractivity contribution in [1.82, 2.24) is 9.71 Å². The van der Waals surface area contributed by atoms with Gasteiger partial charge in [-0.25, -0.2) is 8.42 Å². The van der Waals surface area contributed by atoms with Gasteiger partial charge in [-0.2, -0.15) is 4.72 Å². The predicted molar refractivity (Wildman–Crippen MR) is 102 cm³/mol. The molecule has 0 aliphatic heterocycles. The summed E-state index contributed by atoms with van der Waals surface area (Å²) in [5.74, 6) is 0. The van der Waals surface area contributed by atoms with Gasteiger partial charge in [-0.05, 0) is 48.4 Å². The number of hydrogen-bond acceptors (Lipinski definition) is 3. The minimum atomic E-state index is -3.71. The normalized spacial score (nSPS) is 12.7. The van der Waals surface area contributed by atoms with Crippen LogP contribution >= 0.6 is 15.9 Å². The number of sulfonamides is 1. The highest BCUT2D eigenvalue weighted by molar-refractivity contribution is 9.10. The molecule has 3 rings (SSSR count). The first-order chi connectivity index (χ1) is 12.0. The van der Waals surface area contributed by atoms with Gasteiger partial charge in [0.1, 0.15) is 0 Å². The summed E-state index contributed by atoms with van der Waals surface area (Å²) >= 11 is 3.40. The predicted octanol–water partition coefficient (Wildman–Crippen LogP) is 4.22. The highest BCUT2D eigenvalue weighted by Gasteiger charge is 2.24. The summed E-state index contributed by atoms with van der Waals surface area (Å²) in [5.41, 5.74) is 2.33. The van der Waals surface area contributed by atoms with Crippen LogP contribution in [-0.4, -0.2) is 13.4 Å². The van der Waals surface area contributed by atoms with E-state index in [4.69, 9.17) is 0 Å². The molecule has 0 aliphatic carbocycles. The van der Waals surface area contributed by atoms with Gasteiger partial charge in [-0.3, -0.25) is 4.98 Å². The second-order valence-electron chi connectivity index (χ2n) is 5.63. The molecule has 0 saturated carbocycles. The number of pyridine rings is 1. The Bertz CT molecular complexity index is 922. The van der Waals surface area contributed by atoms with Gasteiger partial charge in [-0.1, -0.05) is 52.3 Å². The molecule has 0 radical (unpaired) electrons. The highest BCUT2D eigenvalue weighted by atomic mass is 79.9. The summed E-state index contributed by atoms with van der Waals surface area (Å²) in [7, 11) is -3.71. The molecule has 1 atom stereocenters. The quantitative estimate of drug-likeness (QED) is 0.676. The first kappa shape index (κ1) is 17.8. The van der Waals surface area contributed by atoms with Crippen molar-refractivity contribution in [2.45, 2.75) is 17.9 Å². The maximum Gasteiger partial charge on any atom is 0.241 e. The van der Waals surface area contributed by atoms with Gasteiger partial charge in [-0.15, -0.1) is 0 Å². The molecule has 0 bridgehead atoms. The Morgan fingerprint density at radius 1 is 1.00 bits per heavy atom. The van der Waals surface area contributed by atoms with Crippen LogP contribution in [0.3, 0.4) is 0 Å². The lowest BCUT2D eigenvalue weighted by Crippen LogP contribution is -2.30. The minimum Gasteiger partial charge on any atom is -0.259 e. The first-order valence-corrected chi connectivity index (χ1v) is 9.99. The fraction of sp³-hybridized carbons (Fsp3) is 0.105. The van der Waals surface area contributed by atoms with Crippen molar-refractivity contribution < 1.29 is 8.42 Å². The third-order valence-electron chi connectivity index (χ3n) is 3.83. The fourth-order valence-electron chi connectivity index (χ4n) is 2.50. The molecule has 0 amide bonds. The van der Waals surface area contributed by atoms with Crippen molar-refractivity contribution in [1.29, 1.82) is 0 Å². The molecule has 3 aromatic rings. The third kappa shape index (κ3) is 4.15. The van der Waals surface area contributed by atoms with Crippen LogP contribution in [0.15, 0.2) is 82.3 Å². The number of rotatable bonds is 5. The van der Waals surface area contributed by atoms with Crippen LogP contribution in [0.5, 0.6) is 0 Å². The van der Waals surface area contributed by atoms with E-state index >= 15 is 0 Å². The van der Waals surface area contributed by atoms with Crippen LogP contribution < -0.4 is 4.72 Å². The monoisotopic (exact) mass is 416 g/mol. The lowest BCUT2D eigenvalue weighted by molar-refractivity contribution is 0.570. The van der Waals surface area contributed by atoms with Gasteiger partial charge >= 0.3 is 0 Å². The number of nitrogens with zero attached hydrogens (tertiary/aromatic N) is 1. The standard InChI is InChI=1S/C19H17BrN2O2S/c1-14-13-16(10-11-17(14)20)25(23,24)22-19(15-7-3-2-4-8-15)18-9-5-6-12-21-18/h2-13,19,22H,1H3. The van der Waals surface area contributed by atoms with E-state index in [1.54, 1.807) is 30.5 Å². The lowest BCUT2D eigenvalue weighted by Gasteiger charge is -2.19. The second kappa shape index (κ2) is 7.47. The van der Waals surface area contributed by atoms with Gasteiger partial charge in [0.2, 0.25) is 10.0 Å². The zero-order valence-corrected chi connectivity index (χ0v) is 16.0. The smallest absolute Gasteiger partial charge is 0.241 e. The maximum atomic E-state index is 12.9. The first-order valence-electron chi connectivity index (χ1n) is 7.72. The van der Waals surface area contributed by atoms with Gasteiger partial charge < -0.3 is 0 Å². The topological polar surface area (TPSA) is 59.1 Å². The summed E-state index contributed by atoms with van der Waals surface area (Å²) < 4.78 is 29.5. The molecular weight excluding hydrogens is 400 g/mol. The molecule has 4 nitrogen and oxygen atoms in total. The Morgan fingerprint density at radius 3 is 2.36 bits per heavy atom. The van der Waals surface area contributed by atoms with Crippen LogP contribution in [0.2, 0.25) is 0 Å². The molecular formula is C19H17BrN2O2S. The van der Waals surface area contributed by atoms with E-state index in [9.17, 15) is 8.42 Å². The largest absolute Gasteiger partial charge is 0.259 e. The van der Waals surface area contributed by atoms with Gasteiger partial charge in [0.05, 0.1) is 16.6 Å². The maximum absolute atomic E-state index is 12.9. The molecule has 6 heteroatoms. The van der Waals surface area contributed by atoms with Crippen molar-refractivity contribution >= 4 is 26.0 Å². The summed E-state index contributed by atoms with van der Waals surface area (Å²) in [6.07, 6.45) is 1.66. The van der Waals surface area contributed by atoms with E-state index < -0.39 is 16.1 Å². The Labute approximate surface area is 156 Å². The van der Waals surface area contributed by atoms with Crippen LogP contribution in [0.25, 0.3) is 0 Å². The number of halogens is 1. The van der Waals surface area contributed by atoms with E-state index in [1.165, 1.54) is 0 Å². The van der Waals surface area contributed by atoms with Crippen LogP contribution in [-0.2, 0) is 10.0 Å². The molecule has 128 valence electrons. The number of aromatic nitrogens is 1. The Morgan fingerprint density at radius 2 is 1.72 bits per heavy atom. The van der Waals surface area contributed by atoms with Crippen molar-refractivity contribution in [3.63, 3.8) is 0 Å². The molecule has 1 unspecified atom stereocenters. The zero-order chi connectivity index (χ0) is 17.9. The fourth-order valence-corrected chi connectivity index (χ4v) is 4.03. The summed E-state index contributed by atoms with van der Waals surface area (Å²) in [5, 5.41) is 0. The van der Waals surface area contributed by atoms with Gasteiger partial charge in [0, 0.05) is 10.7 Å². The Balaban J connectivity index is 2.01. The molecule has 0 fully saturated rings. The highest BCUT2D eigenvalue weighted by Crippen LogP contribution is 2.25. The number of nitrogens with one attached hydrogen (secondary N) is 1.